The molecule has 1 aliphatic heterocycles. The summed E-state index contributed by atoms with van der Waals surface area (Å²) in [5.74, 6) is -2.40. The minimum Gasteiger partial charge on any atom is -0.474 e. The van der Waals surface area contributed by atoms with E-state index >= 15 is 0 Å². The van der Waals surface area contributed by atoms with Crippen LogP contribution in [0.4, 0.5) is 8.78 Å². The van der Waals surface area contributed by atoms with Crippen LogP contribution in [0.1, 0.15) is 38.2 Å². The maximum atomic E-state index is 13.1. The molecule has 1 aromatic heterocycles. The molecule has 0 bridgehead atoms. The fourth-order valence-electron chi connectivity index (χ4n) is 3.03. The SMILES string of the molecule is CC(F)(F)c1ccc(OC2CCC3(CC2)CNC3)nc1. The minimum absolute atomic E-state index is 0.0759. The Hall–Kier alpha value is -1.23. The van der Waals surface area contributed by atoms with Crippen LogP contribution in [0.15, 0.2) is 18.3 Å². The molecule has 0 unspecified atom stereocenters. The first kappa shape index (κ1) is 13.7. The van der Waals surface area contributed by atoms with Crippen LogP contribution in [0, 0.1) is 5.41 Å². The number of aromatic nitrogens is 1. The lowest BCUT2D eigenvalue weighted by Crippen LogP contribution is -2.55. The quantitative estimate of drug-likeness (QED) is 0.925. The fraction of sp³-hybridized carbons (Fsp3) is 0.667. The van der Waals surface area contributed by atoms with Crippen molar-refractivity contribution in [2.75, 3.05) is 13.1 Å². The number of hydrogen-bond acceptors (Lipinski definition) is 3. The number of nitrogens with one attached hydrogen (secondary N) is 1. The van der Waals surface area contributed by atoms with Gasteiger partial charge in [-0.1, -0.05) is 0 Å². The Morgan fingerprint density at radius 3 is 2.45 bits per heavy atom. The van der Waals surface area contributed by atoms with Gasteiger partial charge in [0.15, 0.2) is 0 Å². The molecule has 1 aromatic rings. The molecule has 0 radical (unpaired) electrons. The first-order valence-electron chi connectivity index (χ1n) is 7.19. The maximum absolute atomic E-state index is 13.1. The van der Waals surface area contributed by atoms with Crippen LogP contribution in [0.5, 0.6) is 5.88 Å². The van der Waals surface area contributed by atoms with E-state index in [1.54, 1.807) is 6.07 Å². The number of alkyl halides is 2. The molecule has 110 valence electrons. The summed E-state index contributed by atoms with van der Waals surface area (Å²) < 4.78 is 32.0. The lowest BCUT2D eigenvalue weighted by molar-refractivity contribution is 0.0167. The zero-order valence-electron chi connectivity index (χ0n) is 11.7. The number of ether oxygens (including phenoxy) is 1. The van der Waals surface area contributed by atoms with E-state index < -0.39 is 5.92 Å². The van der Waals surface area contributed by atoms with E-state index in [0.29, 0.717) is 11.3 Å². The molecule has 2 heterocycles. The average molecular weight is 282 g/mol. The second-order valence-corrected chi connectivity index (χ2v) is 6.19. The molecule has 1 saturated heterocycles. The van der Waals surface area contributed by atoms with Gasteiger partial charge in [-0.2, -0.15) is 0 Å². The monoisotopic (exact) mass is 282 g/mol. The first-order valence-corrected chi connectivity index (χ1v) is 7.19. The van der Waals surface area contributed by atoms with Crippen molar-refractivity contribution in [1.29, 1.82) is 0 Å². The second-order valence-electron chi connectivity index (χ2n) is 6.19. The van der Waals surface area contributed by atoms with E-state index in [-0.39, 0.29) is 11.7 Å². The third-order valence-corrected chi connectivity index (χ3v) is 4.52. The molecule has 1 aliphatic carbocycles. The van der Waals surface area contributed by atoms with Gasteiger partial charge in [-0.05, 0) is 37.2 Å². The van der Waals surface area contributed by atoms with E-state index in [2.05, 4.69) is 10.3 Å². The van der Waals surface area contributed by atoms with Crippen molar-refractivity contribution in [3.05, 3.63) is 23.9 Å². The van der Waals surface area contributed by atoms with Crippen molar-refractivity contribution in [1.82, 2.24) is 10.3 Å². The van der Waals surface area contributed by atoms with Crippen molar-refractivity contribution >= 4 is 0 Å². The fourth-order valence-corrected chi connectivity index (χ4v) is 3.03. The summed E-state index contributed by atoms with van der Waals surface area (Å²) in [6.45, 7) is 3.12. The summed E-state index contributed by atoms with van der Waals surface area (Å²) in [5.41, 5.74) is 0.425. The predicted octanol–water partition coefficient (Wildman–Crippen LogP) is 3.10. The van der Waals surface area contributed by atoms with Crippen LogP contribution in [0.25, 0.3) is 0 Å². The van der Waals surface area contributed by atoms with E-state index in [0.717, 1.165) is 32.9 Å². The molecule has 3 rings (SSSR count). The van der Waals surface area contributed by atoms with Gasteiger partial charge in [0.25, 0.3) is 5.92 Å². The lowest BCUT2D eigenvalue weighted by Gasteiger charge is -2.47. The highest BCUT2D eigenvalue weighted by atomic mass is 19.3. The van der Waals surface area contributed by atoms with E-state index in [4.69, 9.17) is 4.74 Å². The molecule has 20 heavy (non-hydrogen) atoms. The second kappa shape index (κ2) is 4.95. The number of halogens is 2. The maximum Gasteiger partial charge on any atom is 0.272 e. The summed E-state index contributed by atoms with van der Waals surface area (Å²) in [5, 5.41) is 3.33. The Balaban J connectivity index is 1.56. The summed E-state index contributed by atoms with van der Waals surface area (Å²) in [4.78, 5) is 4.00. The van der Waals surface area contributed by atoms with Gasteiger partial charge >= 0.3 is 0 Å². The van der Waals surface area contributed by atoms with Gasteiger partial charge in [0.2, 0.25) is 5.88 Å². The third-order valence-electron chi connectivity index (χ3n) is 4.52. The van der Waals surface area contributed by atoms with Gasteiger partial charge in [0.1, 0.15) is 6.10 Å². The smallest absolute Gasteiger partial charge is 0.272 e. The molecule has 1 saturated carbocycles. The summed E-state index contributed by atoms with van der Waals surface area (Å²) >= 11 is 0. The highest BCUT2D eigenvalue weighted by molar-refractivity contribution is 5.21. The Morgan fingerprint density at radius 2 is 2.00 bits per heavy atom. The molecular formula is C15H20F2N2O. The molecule has 2 fully saturated rings. The zero-order chi connectivity index (χ0) is 14.2. The van der Waals surface area contributed by atoms with E-state index in [9.17, 15) is 8.78 Å². The Kier molecular flexibility index (Phi) is 3.40. The third kappa shape index (κ3) is 2.77. The molecule has 1 N–H and O–H groups in total. The van der Waals surface area contributed by atoms with Gasteiger partial charge in [-0.15, -0.1) is 0 Å². The number of rotatable bonds is 3. The van der Waals surface area contributed by atoms with Crippen molar-refractivity contribution in [2.24, 2.45) is 5.41 Å². The number of nitrogens with zero attached hydrogens (tertiary/aromatic N) is 1. The Bertz CT molecular complexity index is 456. The van der Waals surface area contributed by atoms with Crippen LogP contribution >= 0.6 is 0 Å². The first-order chi connectivity index (χ1) is 9.47. The molecule has 3 nitrogen and oxygen atoms in total. The molecule has 0 atom stereocenters. The number of hydrogen-bond donors (Lipinski definition) is 1. The molecule has 0 amide bonds. The highest BCUT2D eigenvalue weighted by Gasteiger charge is 2.40. The van der Waals surface area contributed by atoms with Crippen LogP contribution < -0.4 is 10.1 Å². The molecule has 0 aromatic carbocycles. The average Bonchev–Trinajstić information content (AvgIpc) is 2.37. The summed E-state index contributed by atoms with van der Waals surface area (Å²) in [7, 11) is 0. The molecule has 5 heteroatoms. The van der Waals surface area contributed by atoms with E-state index in [1.165, 1.54) is 25.1 Å². The largest absolute Gasteiger partial charge is 0.474 e. The molecule has 1 spiro atoms. The van der Waals surface area contributed by atoms with Crippen molar-refractivity contribution in [3.8, 4) is 5.88 Å². The molecule has 2 aliphatic rings. The topological polar surface area (TPSA) is 34.1 Å². The predicted molar refractivity (Wildman–Crippen MR) is 72.0 cm³/mol. The van der Waals surface area contributed by atoms with Crippen molar-refractivity contribution in [3.63, 3.8) is 0 Å². The van der Waals surface area contributed by atoms with E-state index in [1.807, 2.05) is 0 Å². The number of pyridine rings is 1. The van der Waals surface area contributed by atoms with Gasteiger partial charge in [0.05, 0.1) is 0 Å². The van der Waals surface area contributed by atoms with Gasteiger partial charge in [0, 0.05) is 37.8 Å². The van der Waals surface area contributed by atoms with Crippen LogP contribution in [-0.2, 0) is 5.92 Å². The standard InChI is InChI=1S/C15H20F2N2O/c1-14(16,17)11-2-3-13(19-8-11)20-12-4-6-15(7-5-12)9-18-10-15/h2-3,8,12,18H,4-7,9-10H2,1H3. The van der Waals surface area contributed by atoms with Crippen LogP contribution in [0.3, 0.4) is 0 Å². The van der Waals surface area contributed by atoms with Gasteiger partial charge in [-0.25, -0.2) is 13.8 Å². The van der Waals surface area contributed by atoms with Crippen molar-refractivity contribution < 1.29 is 13.5 Å². The van der Waals surface area contributed by atoms with Gasteiger partial charge < -0.3 is 10.1 Å². The highest BCUT2D eigenvalue weighted by Crippen LogP contribution is 2.40. The summed E-state index contributed by atoms with van der Waals surface area (Å²) in [6, 6.07) is 2.94. The minimum atomic E-state index is -2.85. The zero-order valence-corrected chi connectivity index (χ0v) is 11.7. The van der Waals surface area contributed by atoms with Crippen molar-refractivity contribution in [2.45, 2.75) is 44.6 Å². The van der Waals surface area contributed by atoms with Gasteiger partial charge in [-0.3, -0.25) is 0 Å². The van der Waals surface area contributed by atoms with Crippen LogP contribution in [-0.4, -0.2) is 24.2 Å². The summed E-state index contributed by atoms with van der Waals surface area (Å²) in [6.07, 6.45) is 5.77. The Labute approximate surface area is 117 Å². The van der Waals surface area contributed by atoms with Crippen LogP contribution in [0.2, 0.25) is 0 Å². The Morgan fingerprint density at radius 1 is 1.30 bits per heavy atom. The molecular weight excluding hydrogens is 262 g/mol. The lowest BCUT2D eigenvalue weighted by atomic mass is 9.69. The normalized spacial score (nSPS) is 22.6.